The van der Waals surface area contributed by atoms with Crippen LogP contribution in [0.1, 0.15) is 6.92 Å². The van der Waals surface area contributed by atoms with Crippen molar-refractivity contribution < 1.29 is 9.59 Å². The Morgan fingerprint density at radius 3 is 2.18 bits per heavy atom. The van der Waals surface area contributed by atoms with Crippen LogP contribution < -0.4 is 22.5 Å². The average molecular weight is 158 g/mol. The zero-order valence-corrected chi connectivity index (χ0v) is 6.05. The van der Waals surface area contributed by atoms with Gasteiger partial charge in [0.1, 0.15) is 0 Å². The number of carbonyl (C=O) groups is 2. The number of nitrogens with one attached hydrogen (secondary N) is 2. The predicted octanol–water partition coefficient (Wildman–Crippen LogP) is -2.09. The molecule has 0 fully saturated rings. The van der Waals surface area contributed by atoms with Gasteiger partial charge in [0.05, 0.1) is 0 Å². The minimum atomic E-state index is -0.550. The molecule has 0 aliphatic carbocycles. The van der Waals surface area contributed by atoms with Crippen molar-refractivity contribution in [3.8, 4) is 0 Å². The summed E-state index contributed by atoms with van der Waals surface area (Å²) in [7, 11) is 0. The van der Waals surface area contributed by atoms with Crippen molar-refractivity contribution in [2.45, 2.75) is 6.92 Å². The van der Waals surface area contributed by atoms with Gasteiger partial charge in [-0.25, -0.2) is 11.7 Å². The molecule has 0 rings (SSSR count). The Kier molecular flexibility index (Phi) is 3.86. The highest BCUT2D eigenvalue weighted by molar-refractivity contribution is 6.00. The van der Waals surface area contributed by atoms with Gasteiger partial charge in [0, 0.05) is 11.6 Å². The van der Waals surface area contributed by atoms with Crippen LogP contribution in [0.3, 0.4) is 0 Å². The van der Waals surface area contributed by atoms with Crippen LogP contribution in [0.15, 0.2) is 11.6 Å². The molecule has 0 heterocycles. The van der Waals surface area contributed by atoms with Crippen molar-refractivity contribution >= 4 is 11.8 Å². The number of carbonyl (C=O) groups excluding carboxylic acids is 2. The van der Waals surface area contributed by atoms with Gasteiger partial charge in [0.2, 0.25) is 0 Å². The van der Waals surface area contributed by atoms with Crippen LogP contribution in [-0.2, 0) is 9.59 Å². The van der Waals surface area contributed by atoms with Gasteiger partial charge in [-0.1, -0.05) is 0 Å². The number of hydrazine groups is 2. The van der Waals surface area contributed by atoms with Gasteiger partial charge in [-0.15, -0.1) is 0 Å². The normalized spacial score (nSPS) is 10.6. The molecule has 2 amide bonds. The van der Waals surface area contributed by atoms with E-state index in [1.165, 1.54) is 6.92 Å². The Hall–Kier alpha value is -1.40. The second kappa shape index (κ2) is 4.42. The lowest BCUT2D eigenvalue weighted by Gasteiger charge is -1.97. The molecule has 6 nitrogen and oxygen atoms in total. The van der Waals surface area contributed by atoms with Gasteiger partial charge in [0.25, 0.3) is 11.8 Å². The lowest BCUT2D eigenvalue weighted by molar-refractivity contribution is -0.119. The van der Waals surface area contributed by atoms with E-state index >= 15 is 0 Å². The first kappa shape index (κ1) is 9.60. The molecule has 0 aliphatic heterocycles. The summed E-state index contributed by atoms with van der Waals surface area (Å²) in [4.78, 5) is 21.1. The monoisotopic (exact) mass is 158 g/mol. The molecular formula is C5H10N4O2. The molecule has 0 unspecified atom stereocenters. The molecule has 0 aromatic carbocycles. The molecule has 0 radical (unpaired) electrons. The minimum Gasteiger partial charge on any atom is -0.291 e. The van der Waals surface area contributed by atoms with Gasteiger partial charge < -0.3 is 0 Å². The molecule has 0 aromatic rings. The summed E-state index contributed by atoms with van der Waals surface area (Å²) in [6.07, 6.45) is 1.04. The van der Waals surface area contributed by atoms with E-state index in [9.17, 15) is 9.59 Å². The van der Waals surface area contributed by atoms with Gasteiger partial charge in [0.15, 0.2) is 0 Å². The van der Waals surface area contributed by atoms with Crippen LogP contribution in [0.5, 0.6) is 0 Å². The summed E-state index contributed by atoms with van der Waals surface area (Å²) in [6, 6.07) is 0. The van der Waals surface area contributed by atoms with Crippen molar-refractivity contribution in [3.05, 3.63) is 11.6 Å². The van der Waals surface area contributed by atoms with E-state index < -0.39 is 11.8 Å². The summed E-state index contributed by atoms with van der Waals surface area (Å²) in [5.74, 6) is 8.47. The Bertz CT molecular complexity index is 199. The predicted molar refractivity (Wildman–Crippen MR) is 38.4 cm³/mol. The maximum absolute atomic E-state index is 10.6. The standard InChI is InChI=1S/C5H10N4O2/c1-3(5(11)9-7)2-4(10)8-6/h2H,6-7H2,1H3,(H,8,10)(H,9,11)/b3-2-. The molecule has 6 N–H and O–H groups in total. The van der Waals surface area contributed by atoms with Crippen molar-refractivity contribution in [3.63, 3.8) is 0 Å². The van der Waals surface area contributed by atoms with E-state index in [4.69, 9.17) is 11.7 Å². The SMILES string of the molecule is C/C(=C/C(=O)NN)C(=O)NN. The van der Waals surface area contributed by atoms with E-state index in [1.54, 1.807) is 0 Å². The first-order valence-electron chi connectivity index (χ1n) is 2.81. The van der Waals surface area contributed by atoms with Crippen molar-refractivity contribution in [1.29, 1.82) is 0 Å². The molecule has 11 heavy (non-hydrogen) atoms. The molecule has 0 saturated carbocycles. The van der Waals surface area contributed by atoms with Crippen LogP contribution in [0.25, 0.3) is 0 Å². The molecular weight excluding hydrogens is 148 g/mol. The summed E-state index contributed by atoms with van der Waals surface area (Å²) < 4.78 is 0. The van der Waals surface area contributed by atoms with Crippen LogP contribution >= 0.6 is 0 Å². The molecule has 0 spiro atoms. The Balaban J connectivity index is 4.21. The molecule has 0 aliphatic rings. The third-order valence-electron chi connectivity index (χ3n) is 0.979. The fourth-order valence-corrected chi connectivity index (χ4v) is 0.418. The topological polar surface area (TPSA) is 110 Å². The van der Waals surface area contributed by atoms with Gasteiger partial charge in [-0.3, -0.25) is 20.4 Å². The van der Waals surface area contributed by atoms with E-state index in [-0.39, 0.29) is 5.57 Å². The highest BCUT2D eigenvalue weighted by Gasteiger charge is 2.02. The fourth-order valence-electron chi connectivity index (χ4n) is 0.418. The Morgan fingerprint density at radius 1 is 1.27 bits per heavy atom. The van der Waals surface area contributed by atoms with E-state index in [0.29, 0.717) is 0 Å². The summed E-state index contributed by atoms with van der Waals surface area (Å²) in [6.45, 7) is 1.44. The number of hydrogen-bond acceptors (Lipinski definition) is 4. The minimum absolute atomic E-state index is 0.190. The van der Waals surface area contributed by atoms with Gasteiger partial charge >= 0.3 is 0 Å². The molecule has 0 aromatic heterocycles. The lowest BCUT2D eigenvalue weighted by Crippen LogP contribution is -2.33. The van der Waals surface area contributed by atoms with Crippen LogP contribution in [0.4, 0.5) is 0 Å². The molecule has 0 atom stereocenters. The Labute approximate surface area is 63.6 Å². The van der Waals surface area contributed by atoms with Crippen LogP contribution in [0.2, 0.25) is 0 Å². The zero-order chi connectivity index (χ0) is 8.85. The van der Waals surface area contributed by atoms with Crippen LogP contribution in [0, 0.1) is 0 Å². The number of hydrogen-bond donors (Lipinski definition) is 4. The lowest BCUT2D eigenvalue weighted by atomic mass is 10.2. The van der Waals surface area contributed by atoms with Crippen molar-refractivity contribution in [2.75, 3.05) is 0 Å². The molecule has 6 heteroatoms. The number of amides is 2. The van der Waals surface area contributed by atoms with Gasteiger partial charge in [-0.05, 0) is 6.92 Å². The summed E-state index contributed by atoms with van der Waals surface area (Å²) >= 11 is 0. The molecule has 62 valence electrons. The van der Waals surface area contributed by atoms with E-state index in [1.807, 2.05) is 10.9 Å². The smallest absolute Gasteiger partial charge is 0.261 e. The highest BCUT2D eigenvalue weighted by atomic mass is 16.2. The second-order valence-electron chi connectivity index (χ2n) is 1.81. The zero-order valence-electron chi connectivity index (χ0n) is 6.05. The maximum Gasteiger partial charge on any atom is 0.261 e. The van der Waals surface area contributed by atoms with E-state index in [0.717, 1.165) is 6.08 Å². The summed E-state index contributed by atoms with van der Waals surface area (Å²) in [5.41, 5.74) is 3.90. The Morgan fingerprint density at radius 2 is 1.82 bits per heavy atom. The quantitative estimate of drug-likeness (QED) is 0.160. The van der Waals surface area contributed by atoms with Crippen molar-refractivity contribution in [2.24, 2.45) is 11.7 Å². The average Bonchev–Trinajstić information content (AvgIpc) is 2.02. The number of nitrogens with two attached hydrogens (primary N) is 2. The fraction of sp³-hybridized carbons (Fsp3) is 0.200. The first-order chi connectivity index (χ1) is 5.11. The summed E-state index contributed by atoms with van der Waals surface area (Å²) in [5, 5.41) is 0. The van der Waals surface area contributed by atoms with Gasteiger partial charge in [-0.2, -0.15) is 0 Å². The highest BCUT2D eigenvalue weighted by Crippen LogP contribution is 1.89. The van der Waals surface area contributed by atoms with E-state index in [2.05, 4.69) is 0 Å². The van der Waals surface area contributed by atoms with Crippen LogP contribution in [-0.4, -0.2) is 11.8 Å². The number of rotatable bonds is 2. The molecule has 0 bridgehead atoms. The largest absolute Gasteiger partial charge is 0.291 e. The first-order valence-corrected chi connectivity index (χ1v) is 2.81. The van der Waals surface area contributed by atoms with Crippen molar-refractivity contribution in [1.82, 2.24) is 10.9 Å². The molecule has 0 saturated heterocycles. The second-order valence-corrected chi connectivity index (χ2v) is 1.81. The maximum atomic E-state index is 10.6. The third kappa shape index (κ3) is 3.33. The third-order valence-corrected chi connectivity index (χ3v) is 0.979.